The number of carbonyl (C=O) groups is 2. The summed E-state index contributed by atoms with van der Waals surface area (Å²) in [6.07, 6.45) is 2.00. The van der Waals surface area contributed by atoms with Crippen molar-refractivity contribution in [1.82, 2.24) is 4.90 Å². The Morgan fingerprint density at radius 1 is 1.06 bits per heavy atom. The van der Waals surface area contributed by atoms with Gasteiger partial charge in [0.2, 0.25) is 0 Å². The number of ether oxygens (including phenoxy) is 2. The van der Waals surface area contributed by atoms with E-state index in [-0.39, 0.29) is 17.9 Å². The highest BCUT2D eigenvalue weighted by molar-refractivity contribution is 6.46. The topological polar surface area (TPSA) is 76.1 Å². The normalized spacial score (nSPS) is 17.8. The SMILES string of the molecule is CCCCOc1ccc(C(O)=C2C(=O)C(=O)N(CCOC)[C@@H]2c2ccc(C)cc2)cc1C. The second kappa shape index (κ2) is 10.5. The van der Waals surface area contributed by atoms with Gasteiger partial charge in [-0.25, -0.2) is 0 Å². The minimum Gasteiger partial charge on any atom is -0.507 e. The minimum atomic E-state index is -0.690. The molecule has 1 fully saturated rings. The highest BCUT2D eigenvalue weighted by Gasteiger charge is 2.45. The third kappa shape index (κ3) is 4.86. The van der Waals surface area contributed by atoms with Gasteiger partial charge in [-0.3, -0.25) is 9.59 Å². The van der Waals surface area contributed by atoms with Gasteiger partial charge in [-0.05, 0) is 49.6 Å². The van der Waals surface area contributed by atoms with Crippen molar-refractivity contribution < 1.29 is 24.2 Å². The molecule has 0 bridgehead atoms. The molecule has 0 spiro atoms. The summed E-state index contributed by atoms with van der Waals surface area (Å²) in [5, 5.41) is 11.2. The average molecular weight is 438 g/mol. The van der Waals surface area contributed by atoms with E-state index < -0.39 is 17.7 Å². The Hall–Kier alpha value is -3.12. The molecule has 32 heavy (non-hydrogen) atoms. The molecule has 1 aliphatic rings. The number of unbranched alkanes of at least 4 members (excludes halogenated alkanes) is 1. The van der Waals surface area contributed by atoms with Crippen LogP contribution in [0.3, 0.4) is 0 Å². The smallest absolute Gasteiger partial charge is 0.295 e. The first kappa shape index (κ1) is 23.5. The maximum absolute atomic E-state index is 13.0. The lowest BCUT2D eigenvalue weighted by Crippen LogP contribution is -2.32. The third-order valence-corrected chi connectivity index (χ3v) is 5.67. The fraction of sp³-hybridized carbons (Fsp3) is 0.385. The van der Waals surface area contributed by atoms with E-state index in [2.05, 4.69) is 6.92 Å². The summed E-state index contributed by atoms with van der Waals surface area (Å²) in [4.78, 5) is 27.3. The van der Waals surface area contributed by atoms with Crippen LogP contribution >= 0.6 is 0 Å². The molecule has 1 N–H and O–H groups in total. The second-order valence-corrected chi connectivity index (χ2v) is 8.08. The summed E-state index contributed by atoms with van der Waals surface area (Å²) in [5.74, 6) is -0.766. The number of aryl methyl sites for hydroxylation is 2. The zero-order chi connectivity index (χ0) is 23.3. The summed E-state index contributed by atoms with van der Waals surface area (Å²) in [6, 6.07) is 12.2. The highest BCUT2D eigenvalue weighted by atomic mass is 16.5. The molecule has 0 aliphatic carbocycles. The largest absolute Gasteiger partial charge is 0.507 e. The van der Waals surface area contributed by atoms with E-state index in [9.17, 15) is 14.7 Å². The van der Waals surface area contributed by atoms with Crippen molar-refractivity contribution in [3.05, 3.63) is 70.3 Å². The van der Waals surface area contributed by atoms with E-state index >= 15 is 0 Å². The number of aliphatic hydroxyl groups is 1. The molecule has 0 unspecified atom stereocenters. The molecule has 2 aromatic carbocycles. The van der Waals surface area contributed by atoms with Gasteiger partial charge in [-0.2, -0.15) is 0 Å². The van der Waals surface area contributed by atoms with E-state index in [1.54, 1.807) is 25.3 Å². The first-order valence-electron chi connectivity index (χ1n) is 11.0. The molecule has 1 aliphatic heterocycles. The fourth-order valence-electron chi connectivity index (χ4n) is 3.84. The maximum Gasteiger partial charge on any atom is 0.295 e. The van der Waals surface area contributed by atoms with Crippen LogP contribution in [0.2, 0.25) is 0 Å². The molecule has 0 aromatic heterocycles. The number of hydrogen-bond acceptors (Lipinski definition) is 5. The van der Waals surface area contributed by atoms with Crippen LogP contribution in [0.4, 0.5) is 0 Å². The predicted molar refractivity (Wildman–Crippen MR) is 124 cm³/mol. The van der Waals surface area contributed by atoms with Crippen molar-refractivity contribution >= 4 is 17.4 Å². The lowest BCUT2D eigenvalue weighted by Gasteiger charge is -2.25. The Morgan fingerprint density at radius 3 is 2.41 bits per heavy atom. The lowest BCUT2D eigenvalue weighted by molar-refractivity contribution is -0.140. The van der Waals surface area contributed by atoms with Crippen LogP contribution in [0.5, 0.6) is 5.75 Å². The van der Waals surface area contributed by atoms with Crippen LogP contribution in [0.1, 0.15) is 48.1 Å². The molecular formula is C26H31NO5. The van der Waals surface area contributed by atoms with Crippen molar-refractivity contribution in [2.75, 3.05) is 26.9 Å². The monoisotopic (exact) mass is 437 g/mol. The molecule has 0 radical (unpaired) electrons. The molecular weight excluding hydrogens is 406 g/mol. The van der Waals surface area contributed by atoms with Crippen LogP contribution in [0, 0.1) is 13.8 Å². The Morgan fingerprint density at radius 2 is 1.78 bits per heavy atom. The predicted octanol–water partition coefficient (Wildman–Crippen LogP) is 4.55. The maximum atomic E-state index is 13.0. The molecule has 1 saturated heterocycles. The quantitative estimate of drug-likeness (QED) is 0.270. The third-order valence-electron chi connectivity index (χ3n) is 5.67. The molecule has 3 rings (SSSR count). The molecule has 1 heterocycles. The van der Waals surface area contributed by atoms with Crippen LogP contribution in [0.25, 0.3) is 5.76 Å². The van der Waals surface area contributed by atoms with Crippen LogP contribution in [-0.2, 0) is 14.3 Å². The second-order valence-electron chi connectivity index (χ2n) is 8.08. The van der Waals surface area contributed by atoms with Crippen LogP contribution < -0.4 is 4.74 Å². The molecule has 6 heteroatoms. The van der Waals surface area contributed by atoms with Gasteiger partial charge in [0.15, 0.2) is 0 Å². The van der Waals surface area contributed by atoms with Gasteiger partial charge in [0.05, 0.1) is 24.8 Å². The number of Topliss-reactive ketones (excluding diaryl/α,β-unsaturated/α-hetero) is 1. The van der Waals surface area contributed by atoms with Gasteiger partial charge in [0.25, 0.3) is 11.7 Å². The van der Waals surface area contributed by atoms with Gasteiger partial charge >= 0.3 is 0 Å². The first-order chi connectivity index (χ1) is 15.4. The number of carbonyl (C=O) groups excluding carboxylic acids is 2. The Bertz CT molecular complexity index is 1010. The van der Waals surface area contributed by atoms with Crippen molar-refractivity contribution in [1.29, 1.82) is 0 Å². The Kier molecular flexibility index (Phi) is 7.70. The van der Waals surface area contributed by atoms with E-state index in [4.69, 9.17) is 9.47 Å². The lowest BCUT2D eigenvalue weighted by atomic mass is 9.94. The highest BCUT2D eigenvalue weighted by Crippen LogP contribution is 2.39. The number of likely N-dealkylation sites (tertiary alicyclic amines) is 1. The van der Waals surface area contributed by atoms with Crippen molar-refractivity contribution in [3.63, 3.8) is 0 Å². The van der Waals surface area contributed by atoms with Crippen molar-refractivity contribution in [2.45, 2.75) is 39.7 Å². The minimum absolute atomic E-state index is 0.0917. The summed E-state index contributed by atoms with van der Waals surface area (Å²) in [5.41, 5.74) is 3.26. The fourth-order valence-corrected chi connectivity index (χ4v) is 3.84. The summed E-state index contributed by atoms with van der Waals surface area (Å²) in [6.45, 7) is 7.13. The zero-order valence-corrected chi connectivity index (χ0v) is 19.2. The Labute approximate surface area is 189 Å². The standard InChI is InChI=1S/C26H31NO5/c1-5-6-14-32-21-12-11-20(16-18(21)3)24(28)22-23(19-9-7-17(2)8-10-19)27(13-15-31-4)26(30)25(22)29/h7-12,16,23,28H,5-6,13-15H2,1-4H3/t23-/m1/s1. The molecule has 0 saturated carbocycles. The van der Waals surface area contributed by atoms with Crippen LogP contribution in [-0.4, -0.2) is 48.6 Å². The summed E-state index contributed by atoms with van der Waals surface area (Å²) in [7, 11) is 1.55. The zero-order valence-electron chi connectivity index (χ0n) is 19.2. The Balaban J connectivity index is 2.04. The summed E-state index contributed by atoms with van der Waals surface area (Å²) >= 11 is 0. The van der Waals surface area contributed by atoms with Crippen molar-refractivity contribution in [3.8, 4) is 5.75 Å². The van der Waals surface area contributed by atoms with Gasteiger partial charge in [-0.1, -0.05) is 43.2 Å². The first-order valence-corrected chi connectivity index (χ1v) is 11.0. The number of amides is 1. The average Bonchev–Trinajstić information content (AvgIpc) is 3.03. The van der Waals surface area contributed by atoms with Crippen LogP contribution in [0.15, 0.2) is 48.0 Å². The number of hydrogen-bond donors (Lipinski definition) is 1. The molecule has 6 nitrogen and oxygen atoms in total. The van der Waals surface area contributed by atoms with Gasteiger partial charge in [0.1, 0.15) is 11.5 Å². The number of benzene rings is 2. The number of ketones is 1. The van der Waals surface area contributed by atoms with E-state index in [0.717, 1.165) is 35.3 Å². The van der Waals surface area contributed by atoms with E-state index in [1.165, 1.54) is 4.90 Å². The number of rotatable bonds is 9. The number of nitrogens with zero attached hydrogens (tertiary/aromatic N) is 1. The molecule has 1 amide bonds. The van der Waals surface area contributed by atoms with Crippen molar-refractivity contribution in [2.24, 2.45) is 0 Å². The number of aliphatic hydroxyl groups excluding tert-OH is 1. The van der Waals surface area contributed by atoms with E-state index in [1.807, 2.05) is 38.1 Å². The van der Waals surface area contributed by atoms with Gasteiger partial charge in [-0.15, -0.1) is 0 Å². The molecule has 2 aromatic rings. The van der Waals surface area contributed by atoms with Gasteiger partial charge < -0.3 is 19.5 Å². The van der Waals surface area contributed by atoms with Gasteiger partial charge in [0, 0.05) is 19.2 Å². The molecule has 1 atom stereocenters. The summed E-state index contributed by atoms with van der Waals surface area (Å²) < 4.78 is 10.9. The van der Waals surface area contributed by atoms with E-state index in [0.29, 0.717) is 18.8 Å². The molecule has 170 valence electrons. The number of methoxy groups -OCH3 is 1.